The van der Waals surface area contributed by atoms with Gasteiger partial charge in [0.25, 0.3) is 5.69 Å². The van der Waals surface area contributed by atoms with E-state index in [0.717, 1.165) is 16.5 Å². The summed E-state index contributed by atoms with van der Waals surface area (Å²) in [5, 5.41) is 11.5. The van der Waals surface area contributed by atoms with E-state index >= 15 is 0 Å². The molecule has 1 heterocycles. The number of carbonyl (C=O) groups is 1. The standard InChI is InChI=1S/C18H15FN2O4/c19-14-6-7-17-16(10-14)13(11-20-17)4-2-8-25-18(22)12-3-1-5-15(9-12)21(23)24/h1,3,5-7,9-11,20H,2,4,8H2. The SMILES string of the molecule is O=C(OCCCc1c[nH]c2ccc(F)cc12)c1cccc([N+](=O)[O-])c1. The van der Waals surface area contributed by atoms with Crippen molar-refractivity contribution >= 4 is 22.6 Å². The van der Waals surface area contributed by atoms with Gasteiger partial charge in [-0.2, -0.15) is 0 Å². The number of carbonyl (C=O) groups excluding carboxylic acids is 1. The molecule has 0 radical (unpaired) electrons. The van der Waals surface area contributed by atoms with Crippen LogP contribution in [-0.2, 0) is 11.2 Å². The number of hydrogen-bond donors (Lipinski definition) is 1. The summed E-state index contributed by atoms with van der Waals surface area (Å²) in [5.41, 5.74) is 1.78. The maximum Gasteiger partial charge on any atom is 0.338 e. The lowest BCUT2D eigenvalue weighted by atomic mass is 10.1. The molecular formula is C18H15FN2O4. The predicted molar refractivity (Wildman–Crippen MR) is 90.0 cm³/mol. The first kappa shape index (κ1) is 16.6. The molecule has 0 saturated carbocycles. The molecule has 1 aromatic heterocycles. The second kappa shape index (κ2) is 7.12. The van der Waals surface area contributed by atoms with Crippen LogP contribution >= 0.6 is 0 Å². The number of nitrogens with zero attached hydrogens (tertiary/aromatic N) is 1. The van der Waals surface area contributed by atoms with E-state index in [9.17, 15) is 19.3 Å². The zero-order valence-electron chi connectivity index (χ0n) is 13.2. The Morgan fingerprint density at radius 2 is 2.08 bits per heavy atom. The second-order valence-corrected chi connectivity index (χ2v) is 5.55. The topological polar surface area (TPSA) is 85.2 Å². The number of nitrogens with one attached hydrogen (secondary N) is 1. The van der Waals surface area contributed by atoms with Crippen LogP contribution < -0.4 is 0 Å². The Bertz CT molecular complexity index is 936. The zero-order chi connectivity index (χ0) is 17.8. The smallest absolute Gasteiger partial charge is 0.338 e. The van der Waals surface area contributed by atoms with Crippen molar-refractivity contribution in [2.75, 3.05) is 6.61 Å². The fraction of sp³-hybridized carbons (Fsp3) is 0.167. The molecule has 25 heavy (non-hydrogen) atoms. The number of nitro benzene ring substituents is 1. The summed E-state index contributed by atoms with van der Waals surface area (Å²) < 4.78 is 18.5. The quantitative estimate of drug-likeness (QED) is 0.317. The van der Waals surface area contributed by atoms with Crippen LogP contribution in [0.3, 0.4) is 0 Å². The van der Waals surface area contributed by atoms with Crippen LogP contribution in [0, 0.1) is 15.9 Å². The number of H-pyrrole nitrogens is 1. The molecule has 0 aliphatic heterocycles. The van der Waals surface area contributed by atoms with Crippen molar-refractivity contribution in [3.8, 4) is 0 Å². The molecule has 1 N–H and O–H groups in total. The summed E-state index contributed by atoms with van der Waals surface area (Å²) in [4.78, 5) is 25.2. The van der Waals surface area contributed by atoms with Crippen LogP contribution in [0.2, 0.25) is 0 Å². The molecule has 0 aliphatic rings. The van der Waals surface area contributed by atoms with E-state index in [2.05, 4.69) is 4.98 Å². The molecule has 3 aromatic rings. The number of nitro groups is 1. The van der Waals surface area contributed by atoms with Gasteiger partial charge in [-0.25, -0.2) is 9.18 Å². The molecule has 0 bridgehead atoms. The lowest BCUT2D eigenvalue weighted by Gasteiger charge is -2.05. The van der Waals surface area contributed by atoms with E-state index in [0.29, 0.717) is 12.8 Å². The van der Waals surface area contributed by atoms with E-state index in [-0.39, 0.29) is 23.7 Å². The Morgan fingerprint density at radius 1 is 1.24 bits per heavy atom. The summed E-state index contributed by atoms with van der Waals surface area (Å²) in [6, 6.07) is 9.95. The Balaban J connectivity index is 1.56. The molecule has 0 amide bonds. The van der Waals surface area contributed by atoms with E-state index in [1.165, 1.54) is 36.4 Å². The first-order valence-electron chi connectivity index (χ1n) is 7.71. The molecule has 0 aliphatic carbocycles. The van der Waals surface area contributed by atoms with Crippen molar-refractivity contribution in [1.82, 2.24) is 4.98 Å². The Hall–Kier alpha value is -3.22. The normalized spacial score (nSPS) is 10.8. The number of halogens is 1. The average molecular weight is 342 g/mol. The highest BCUT2D eigenvalue weighted by Gasteiger charge is 2.12. The first-order chi connectivity index (χ1) is 12.0. The van der Waals surface area contributed by atoms with Gasteiger partial charge in [-0.05, 0) is 42.7 Å². The number of aryl methyl sites for hydroxylation is 1. The largest absolute Gasteiger partial charge is 0.462 e. The van der Waals surface area contributed by atoms with Gasteiger partial charge in [0, 0.05) is 29.2 Å². The number of rotatable bonds is 6. The molecule has 0 atom stereocenters. The number of ether oxygens (including phenoxy) is 1. The molecule has 0 unspecified atom stereocenters. The summed E-state index contributed by atoms with van der Waals surface area (Å²) in [7, 11) is 0. The second-order valence-electron chi connectivity index (χ2n) is 5.55. The minimum absolute atomic E-state index is 0.142. The van der Waals surface area contributed by atoms with Crippen LogP contribution in [0.1, 0.15) is 22.3 Å². The summed E-state index contributed by atoms with van der Waals surface area (Å²) in [6.45, 7) is 0.170. The number of esters is 1. The lowest BCUT2D eigenvalue weighted by molar-refractivity contribution is -0.384. The molecule has 3 rings (SSSR count). The minimum atomic E-state index is -0.603. The summed E-state index contributed by atoms with van der Waals surface area (Å²) >= 11 is 0. The van der Waals surface area contributed by atoms with Crippen LogP contribution in [0.15, 0.2) is 48.7 Å². The Labute approximate surface area is 142 Å². The number of non-ortho nitro benzene ring substituents is 1. The molecule has 6 nitrogen and oxygen atoms in total. The highest BCUT2D eigenvalue weighted by Crippen LogP contribution is 2.20. The van der Waals surface area contributed by atoms with Crippen LogP contribution in [0.5, 0.6) is 0 Å². The van der Waals surface area contributed by atoms with Crippen LogP contribution in [0.25, 0.3) is 10.9 Å². The number of aromatic amines is 1. The van der Waals surface area contributed by atoms with Gasteiger partial charge in [-0.1, -0.05) is 6.07 Å². The molecule has 2 aromatic carbocycles. The van der Waals surface area contributed by atoms with E-state index < -0.39 is 10.9 Å². The van der Waals surface area contributed by atoms with Gasteiger partial charge >= 0.3 is 5.97 Å². The van der Waals surface area contributed by atoms with Gasteiger partial charge in [0.1, 0.15) is 5.82 Å². The van der Waals surface area contributed by atoms with Gasteiger partial charge in [0.05, 0.1) is 17.1 Å². The van der Waals surface area contributed by atoms with Crippen molar-refractivity contribution in [2.45, 2.75) is 12.8 Å². The summed E-state index contributed by atoms with van der Waals surface area (Å²) in [6.07, 6.45) is 2.99. The third-order valence-electron chi connectivity index (χ3n) is 3.85. The minimum Gasteiger partial charge on any atom is -0.462 e. The van der Waals surface area contributed by atoms with Crippen molar-refractivity contribution in [3.63, 3.8) is 0 Å². The average Bonchev–Trinajstić information content (AvgIpc) is 3.00. The zero-order valence-corrected chi connectivity index (χ0v) is 13.2. The van der Waals surface area contributed by atoms with Crippen molar-refractivity contribution in [2.24, 2.45) is 0 Å². The fourth-order valence-electron chi connectivity index (χ4n) is 2.61. The number of fused-ring (bicyclic) bond motifs is 1. The molecule has 0 spiro atoms. The first-order valence-corrected chi connectivity index (χ1v) is 7.71. The Morgan fingerprint density at radius 3 is 2.88 bits per heavy atom. The molecule has 128 valence electrons. The van der Waals surface area contributed by atoms with Gasteiger partial charge in [-0.15, -0.1) is 0 Å². The van der Waals surface area contributed by atoms with Crippen molar-refractivity contribution < 1.29 is 18.8 Å². The molecular weight excluding hydrogens is 327 g/mol. The van der Waals surface area contributed by atoms with Gasteiger partial charge in [0.2, 0.25) is 0 Å². The van der Waals surface area contributed by atoms with E-state index in [4.69, 9.17) is 4.74 Å². The van der Waals surface area contributed by atoms with Crippen molar-refractivity contribution in [1.29, 1.82) is 0 Å². The number of benzene rings is 2. The maximum atomic E-state index is 13.3. The summed E-state index contributed by atoms with van der Waals surface area (Å²) in [5.74, 6) is -0.904. The Kier molecular flexibility index (Phi) is 4.74. The number of aromatic nitrogens is 1. The third kappa shape index (κ3) is 3.82. The van der Waals surface area contributed by atoms with E-state index in [1.54, 1.807) is 6.07 Å². The van der Waals surface area contributed by atoms with Gasteiger partial charge < -0.3 is 9.72 Å². The van der Waals surface area contributed by atoms with Gasteiger partial charge in [0.15, 0.2) is 0 Å². The third-order valence-corrected chi connectivity index (χ3v) is 3.85. The van der Waals surface area contributed by atoms with Crippen molar-refractivity contribution in [3.05, 3.63) is 75.7 Å². The van der Waals surface area contributed by atoms with Gasteiger partial charge in [-0.3, -0.25) is 10.1 Å². The predicted octanol–water partition coefficient (Wildman–Crippen LogP) is 4.00. The van der Waals surface area contributed by atoms with Crippen LogP contribution in [0.4, 0.5) is 10.1 Å². The lowest BCUT2D eigenvalue weighted by Crippen LogP contribution is -2.07. The molecule has 0 saturated heterocycles. The fourth-order valence-corrected chi connectivity index (χ4v) is 2.61. The van der Waals surface area contributed by atoms with Crippen LogP contribution in [-0.4, -0.2) is 22.5 Å². The number of hydrogen-bond acceptors (Lipinski definition) is 4. The molecule has 0 fully saturated rings. The highest BCUT2D eigenvalue weighted by atomic mass is 19.1. The maximum absolute atomic E-state index is 13.3. The van der Waals surface area contributed by atoms with E-state index in [1.807, 2.05) is 6.20 Å². The highest BCUT2D eigenvalue weighted by molar-refractivity contribution is 5.90. The molecule has 7 heteroatoms. The monoisotopic (exact) mass is 342 g/mol.